The van der Waals surface area contributed by atoms with E-state index in [9.17, 15) is 4.79 Å². The van der Waals surface area contributed by atoms with E-state index in [0.717, 1.165) is 37.9 Å². The lowest BCUT2D eigenvalue weighted by atomic mass is 10.1. The van der Waals surface area contributed by atoms with Gasteiger partial charge in [0.2, 0.25) is 0 Å². The third kappa shape index (κ3) is 2.51. The molecule has 5 aromatic rings. The molecule has 5 rings (SSSR count). The molecule has 7 heteroatoms. The molecule has 0 amide bonds. The molecule has 6 nitrogen and oxygen atoms in total. The monoisotopic (exact) mass is 389 g/mol. The smallest absolute Gasteiger partial charge is 0.292 e. The number of benzene rings is 2. The fourth-order valence-corrected chi connectivity index (χ4v) is 4.80. The van der Waals surface area contributed by atoms with Crippen LogP contribution in [0.2, 0.25) is 0 Å². The summed E-state index contributed by atoms with van der Waals surface area (Å²) in [5, 5.41) is 11.6. The van der Waals surface area contributed by atoms with Crippen LogP contribution in [0.5, 0.6) is 0 Å². The first kappa shape index (κ1) is 17.0. The molecule has 1 N–H and O–H groups in total. The van der Waals surface area contributed by atoms with Gasteiger partial charge in [0, 0.05) is 31.0 Å². The minimum Gasteiger partial charge on any atom is -0.380 e. The highest BCUT2D eigenvalue weighted by Gasteiger charge is 2.21. The molecular weight excluding hydrogens is 372 g/mol. The first-order valence-electron chi connectivity index (χ1n) is 8.88. The molecule has 3 aromatic heterocycles. The van der Waals surface area contributed by atoms with Crippen molar-refractivity contribution in [1.82, 2.24) is 15.0 Å². The molecule has 138 valence electrons. The Morgan fingerprint density at radius 1 is 1.18 bits per heavy atom. The summed E-state index contributed by atoms with van der Waals surface area (Å²) >= 11 is 1.41. The molecule has 0 aliphatic heterocycles. The van der Waals surface area contributed by atoms with Crippen LogP contribution in [0.25, 0.3) is 36.9 Å². The Hall–Kier alpha value is -3.16. The summed E-state index contributed by atoms with van der Waals surface area (Å²) in [7, 11) is 1.66. The molecule has 28 heavy (non-hydrogen) atoms. The van der Waals surface area contributed by atoms with E-state index in [2.05, 4.69) is 15.3 Å². The highest BCUT2D eigenvalue weighted by atomic mass is 32.1. The van der Waals surface area contributed by atoms with E-state index in [1.807, 2.05) is 55.5 Å². The number of rotatable bonds is 3. The topological polar surface area (TPSA) is 71.2 Å². The minimum absolute atomic E-state index is 0.169. The van der Waals surface area contributed by atoms with Gasteiger partial charge in [-0.25, -0.2) is 0 Å². The number of ether oxygens (including phenoxy) is 1. The van der Waals surface area contributed by atoms with Crippen LogP contribution in [0.4, 0.5) is 0 Å². The van der Waals surface area contributed by atoms with E-state index >= 15 is 0 Å². The van der Waals surface area contributed by atoms with Crippen molar-refractivity contribution in [3.63, 3.8) is 0 Å². The number of aromatic nitrogens is 4. The predicted octanol–water partition coefficient (Wildman–Crippen LogP) is 3.42. The summed E-state index contributed by atoms with van der Waals surface area (Å²) < 4.78 is 7.31. The van der Waals surface area contributed by atoms with Crippen molar-refractivity contribution in [2.45, 2.75) is 13.5 Å². The van der Waals surface area contributed by atoms with Crippen LogP contribution in [0.3, 0.4) is 0 Å². The highest BCUT2D eigenvalue weighted by molar-refractivity contribution is 7.25. The van der Waals surface area contributed by atoms with Crippen LogP contribution >= 0.6 is 11.3 Å². The number of nitrogens with one attached hydrogen (secondary N) is 1. The van der Waals surface area contributed by atoms with Crippen LogP contribution < -0.4 is 10.5 Å². The second-order valence-corrected chi connectivity index (χ2v) is 7.72. The van der Waals surface area contributed by atoms with Gasteiger partial charge in [-0.05, 0) is 11.5 Å². The number of thiophene rings is 1. The zero-order valence-corrected chi connectivity index (χ0v) is 16.2. The van der Waals surface area contributed by atoms with Crippen LogP contribution in [-0.4, -0.2) is 22.1 Å². The standard InChI is InChI=1S/C21H16N4O2S/c1-12-10-14(11-27-2)17-18-19(28-20(17)22-12)21(26)25(24-23-18)16-9-5-7-13-6-3-4-8-15(13)16/h3-10H,11H2,1-2H3/p+1. The number of methoxy groups -OCH3 is 1. The van der Waals surface area contributed by atoms with Gasteiger partial charge in [0.1, 0.15) is 10.2 Å². The van der Waals surface area contributed by atoms with Crippen molar-refractivity contribution in [3.8, 4) is 5.69 Å². The average Bonchev–Trinajstić information content (AvgIpc) is 3.07. The maximum Gasteiger partial charge on any atom is 0.292 e. The van der Waals surface area contributed by atoms with E-state index in [1.165, 1.54) is 16.0 Å². The molecule has 0 aliphatic carbocycles. The number of aryl methyl sites for hydroxylation is 1. The Kier molecular flexibility index (Phi) is 3.92. The number of H-pyrrole nitrogens is 1. The number of pyridine rings is 1. The lowest BCUT2D eigenvalue weighted by Crippen LogP contribution is -2.21. The van der Waals surface area contributed by atoms with Crippen molar-refractivity contribution in [1.29, 1.82) is 0 Å². The minimum atomic E-state index is -0.169. The number of hydrogen-bond donors (Lipinski definition) is 0. The fraction of sp³-hybridized carbons (Fsp3) is 0.143. The Bertz CT molecular complexity index is 1420. The average molecular weight is 389 g/mol. The molecule has 0 fully saturated rings. The molecule has 0 saturated carbocycles. The quantitative estimate of drug-likeness (QED) is 0.474. The zero-order chi connectivity index (χ0) is 19.3. The summed E-state index contributed by atoms with van der Waals surface area (Å²) in [6.07, 6.45) is 0. The van der Waals surface area contributed by atoms with Crippen molar-refractivity contribution >= 4 is 42.5 Å². The largest absolute Gasteiger partial charge is 0.380 e. The van der Waals surface area contributed by atoms with Gasteiger partial charge in [0.05, 0.1) is 17.7 Å². The lowest BCUT2D eigenvalue weighted by Gasteiger charge is -2.07. The first-order chi connectivity index (χ1) is 13.7. The Morgan fingerprint density at radius 3 is 2.86 bits per heavy atom. The van der Waals surface area contributed by atoms with Crippen molar-refractivity contribution in [3.05, 3.63) is 70.1 Å². The van der Waals surface area contributed by atoms with Gasteiger partial charge in [-0.15, -0.1) is 5.10 Å². The Morgan fingerprint density at radius 2 is 2.00 bits per heavy atom. The van der Waals surface area contributed by atoms with Gasteiger partial charge in [-0.1, -0.05) is 52.9 Å². The Labute approximate surface area is 164 Å². The van der Waals surface area contributed by atoms with E-state index in [1.54, 1.807) is 7.11 Å². The van der Waals surface area contributed by atoms with E-state index < -0.39 is 0 Å². The molecule has 0 atom stereocenters. The number of fused-ring (bicyclic) bond motifs is 4. The summed E-state index contributed by atoms with van der Waals surface area (Å²) in [6.45, 7) is 2.44. The van der Waals surface area contributed by atoms with E-state index in [4.69, 9.17) is 4.74 Å². The summed E-state index contributed by atoms with van der Waals surface area (Å²) in [5.41, 5.74) is 3.18. The van der Waals surface area contributed by atoms with Gasteiger partial charge in [0.15, 0.2) is 5.69 Å². The summed E-state index contributed by atoms with van der Waals surface area (Å²) in [6, 6.07) is 15.8. The van der Waals surface area contributed by atoms with Crippen LogP contribution in [0.15, 0.2) is 53.3 Å². The third-order valence-corrected chi connectivity index (χ3v) is 5.90. The van der Waals surface area contributed by atoms with Crippen molar-refractivity contribution in [2.75, 3.05) is 7.11 Å². The molecule has 0 unspecified atom stereocenters. The molecule has 0 aliphatic rings. The number of hydrogen-bond acceptors (Lipinski definition) is 5. The Balaban J connectivity index is 1.84. The maximum absolute atomic E-state index is 13.3. The van der Waals surface area contributed by atoms with Crippen LogP contribution in [0.1, 0.15) is 11.3 Å². The van der Waals surface area contributed by atoms with Gasteiger partial charge in [0.25, 0.3) is 10.4 Å². The van der Waals surface area contributed by atoms with Crippen LogP contribution in [-0.2, 0) is 11.3 Å². The predicted molar refractivity (Wildman–Crippen MR) is 110 cm³/mol. The zero-order valence-electron chi connectivity index (χ0n) is 15.4. The van der Waals surface area contributed by atoms with Crippen molar-refractivity contribution < 1.29 is 9.72 Å². The van der Waals surface area contributed by atoms with Gasteiger partial charge >= 0.3 is 0 Å². The molecule has 3 heterocycles. The van der Waals surface area contributed by atoms with Crippen molar-refractivity contribution in [2.24, 2.45) is 0 Å². The van der Waals surface area contributed by atoms with Gasteiger partial charge in [-0.3, -0.25) is 4.79 Å². The molecular formula is C21H17N4O2S+. The first-order valence-corrected chi connectivity index (χ1v) is 9.70. The number of nitrogens with zero attached hydrogens (tertiary/aromatic N) is 3. The highest BCUT2D eigenvalue weighted by Crippen LogP contribution is 2.31. The lowest BCUT2D eigenvalue weighted by molar-refractivity contribution is -0.351. The normalized spacial score (nSPS) is 11.6. The maximum atomic E-state index is 13.3. The molecule has 0 saturated heterocycles. The summed E-state index contributed by atoms with van der Waals surface area (Å²) in [5.74, 6) is 0. The molecule has 2 aromatic carbocycles. The SMILES string of the molecule is COCc1cc(C)[nH+]c2sc3c(=O)n(-c4cccc5ccccc45)nnc3c12. The fourth-order valence-electron chi connectivity index (χ4n) is 3.64. The molecule has 0 radical (unpaired) electrons. The molecule has 0 spiro atoms. The van der Waals surface area contributed by atoms with Gasteiger partial charge in [-0.2, -0.15) is 9.67 Å². The second kappa shape index (κ2) is 6.47. The molecule has 0 bridgehead atoms. The summed E-state index contributed by atoms with van der Waals surface area (Å²) in [4.78, 5) is 17.6. The second-order valence-electron chi connectivity index (χ2n) is 6.70. The van der Waals surface area contributed by atoms with Crippen LogP contribution in [0, 0.1) is 6.92 Å². The third-order valence-electron chi connectivity index (χ3n) is 4.82. The number of aromatic amines is 1. The van der Waals surface area contributed by atoms with E-state index in [0.29, 0.717) is 16.8 Å². The van der Waals surface area contributed by atoms with Gasteiger partial charge < -0.3 is 4.74 Å². The van der Waals surface area contributed by atoms with E-state index in [-0.39, 0.29) is 5.56 Å².